The Morgan fingerprint density at radius 2 is 0.812 bits per heavy atom. The van der Waals surface area contributed by atoms with Gasteiger partial charge in [0.1, 0.15) is 0 Å². The van der Waals surface area contributed by atoms with Crippen LogP contribution in [-0.2, 0) is 9.59 Å². The molecule has 0 spiro atoms. The molecule has 9 aliphatic rings. The van der Waals surface area contributed by atoms with Crippen LogP contribution in [0.3, 0.4) is 0 Å². The van der Waals surface area contributed by atoms with Gasteiger partial charge in [-0.15, -0.1) is 0 Å². The van der Waals surface area contributed by atoms with E-state index in [9.17, 15) is 9.59 Å². The molecule has 8 saturated carbocycles. The Hall–Kier alpha value is -1.06. The van der Waals surface area contributed by atoms with E-state index in [0.29, 0.717) is 11.8 Å². The van der Waals surface area contributed by atoms with E-state index >= 15 is 0 Å². The number of carbonyl (C=O) groups excluding carboxylic acids is 2. The van der Waals surface area contributed by atoms with Gasteiger partial charge in [0.05, 0.1) is 0 Å². The van der Waals surface area contributed by atoms with E-state index in [0.717, 1.165) is 100 Å². The number of piperazine rings is 1. The summed E-state index contributed by atoms with van der Waals surface area (Å²) in [5, 5.41) is 0. The molecule has 0 radical (unpaired) electrons. The molecule has 1 aliphatic heterocycles. The lowest BCUT2D eigenvalue weighted by Gasteiger charge is -2.49. The molecule has 0 aromatic carbocycles. The van der Waals surface area contributed by atoms with Crippen LogP contribution in [-0.4, -0.2) is 47.8 Å². The molecule has 1 heterocycles. The van der Waals surface area contributed by atoms with Crippen molar-refractivity contribution in [2.24, 2.45) is 46.3 Å². The predicted octanol–water partition coefficient (Wildman–Crippen LogP) is 4.87. The number of hydrogen-bond donors (Lipinski definition) is 0. The molecule has 8 bridgehead atoms. The van der Waals surface area contributed by atoms with Crippen LogP contribution in [0.25, 0.3) is 0 Å². The lowest BCUT2D eigenvalue weighted by atomic mass is 9.61. The number of hydrogen-bond acceptors (Lipinski definition) is 2. The van der Waals surface area contributed by atoms with E-state index in [2.05, 4.69) is 9.80 Å². The molecule has 9 fully saturated rings. The first-order chi connectivity index (χ1) is 15.5. The van der Waals surface area contributed by atoms with Crippen LogP contribution in [0.4, 0.5) is 0 Å². The SMILES string of the molecule is O=C(N1CCN(C(=O)C23CCC4C[C@H](C[C@H](C4)C2)C3)CC1)C12CCC3C[C@H](C[C@@H](C3)C1)C2. The van der Waals surface area contributed by atoms with E-state index in [-0.39, 0.29) is 10.8 Å². The molecule has 6 atom stereocenters. The van der Waals surface area contributed by atoms with Crippen LogP contribution >= 0.6 is 0 Å². The standard InChI is InChI=1S/C28H42N2O2/c31-25(27-3-1-19-9-21(15-27)13-22(10-19)16-27)29-5-7-30(8-6-29)26(32)28-4-2-20-11-23(17-28)14-24(12-20)18-28/h19-24H,1-18H2/t19?,20?,21-,22-,23-,24+,27?,28?/m1/s1. The maximum atomic E-state index is 13.9. The van der Waals surface area contributed by atoms with Crippen LogP contribution in [0.1, 0.15) is 89.9 Å². The minimum absolute atomic E-state index is 0.0530. The molecule has 2 unspecified atom stereocenters. The lowest BCUT2D eigenvalue weighted by molar-refractivity contribution is -0.156. The Morgan fingerprint density at radius 3 is 1.16 bits per heavy atom. The molecule has 9 rings (SSSR count). The van der Waals surface area contributed by atoms with E-state index in [1.807, 2.05) is 0 Å². The van der Waals surface area contributed by atoms with Crippen molar-refractivity contribution in [1.29, 1.82) is 0 Å². The second kappa shape index (κ2) is 7.22. The third kappa shape index (κ3) is 3.13. The molecule has 32 heavy (non-hydrogen) atoms. The summed E-state index contributed by atoms with van der Waals surface area (Å²) in [6.07, 6.45) is 17.8. The minimum Gasteiger partial charge on any atom is -0.339 e. The van der Waals surface area contributed by atoms with E-state index < -0.39 is 0 Å². The van der Waals surface area contributed by atoms with Crippen molar-refractivity contribution < 1.29 is 9.59 Å². The molecule has 4 nitrogen and oxygen atoms in total. The summed E-state index contributed by atoms with van der Waals surface area (Å²) in [4.78, 5) is 32.1. The Bertz CT molecular complexity index is 705. The highest BCUT2D eigenvalue weighted by Gasteiger charge is 2.54. The largest absolute Gasteiger partial charge is 0.339 e. The van der Waals surface area contributed by atoms with Crippen molar-refractivity contribution in [2.45, 2.75) is 89.9 Å². The predicted molar refractivity (Wildman–Crippen MR) is 124 cm³/mol. The number of fused-ring (bicyclic) bond motifs is 2. The summed E-state index contributed by atoms with van der Waals surface area (Å²) in [6.45, 7) is 3.10. The minimum atomic E-state index is -0.0530. The normalized spacial score (nSPS) is 49.2. The summed E-state index contributed by atoms with van der Waals surface area (Å²) < 4.78 is 0. The molecule has 176 valence electrons. The monoisotopic (exact) mass is 438 g/mol. The smallest absolute Gasteiger partial charge is 0.228 e. The van der Waals surface area contributed by atoms with Crippen LogP contribution in [0.15, 0.2) is 0 Å². The van der Waals surface area contributed by atoms with Gasteiger partial charge in [-0.05, 0) is 125 Å². The number of carbonyl (C=O) groups is 2. The Kier molecular flexibility index (Phi) is 4.58. The highest BCUT2D eigenvalue weighted by molar-refractivity contribution is 5.85. The molecular weight excluding hydrogens is 396 g/mol. The first-order valence-electron chi connectivity index (χ1n) is 14.1. The van der Waals surface area contributed by atoms with Crippen LogP contribution in [0.2, 0.25) is 0 Å². The summed E-state index contributed by atoms with van der Waals surface area (Å²) >= 11 is 0. The maximum Gasteiger partial charge on any atom is 0.228 e. The third-order valence-electron chi connectivity index (χ3n) is 11.5. The molecule has 1 saturated heterocycles. The molecule has 2 amide bonds. The van der Waals surface area contributed by atoms with Crippen LogP contribution < -0.4 is 0 Å². The van der Waals surface area contributed by atoms with Crippen molar-refractivity contribution in [2.75, 3.05) is 26.2 Å². The van der Waals surface area contributed by atoms with Gasteiger partial charge in [0, 0.05) is 37.0 Å². The number of amides is 2. The van der Waals surface area contributed by atoms with E-state index in [4.69, 9.17) is 0 Å². The van der Waals surface area contributed by atoms with Gasteiger partial charge in [-0.3, -0.25) is 9.59 Å². The fraction of sp³-hybridized carbons (Fsp3) is 0.929. The fourth-order valence-corrected chi connectivity index (χ4v) is 10.6. The molecule has 8 aliphatic carbocycles. The molecule has 4 heteroatoms. The third-order valence-corrected chi connectivity index (χ3v) is 11.5. The molecule has 0 aromatic heterocycles. The van der Waals surface area contributed by atoms with Crippen LogP contribution in [0, 0.1) is 46.3 Å². The van der Waals surface area contributed by atoms with Crippen molar-refractivity contribution in [3.05, 3.63) is 0 Å². The topological polar surface area (TPSA) is 40.6 Å². The second-order valence-corrected chi connectivity index (χ2v) is 13.6. The van der Waals surface area contributed by atoms with Gasteiger partial charge in [-0.2, -0.15) is 0 Å². The Balaban J connectivity index is 1.04. The maximum absolute atomic E-state index is 13.9. The summed E-state index contributed by atoms with van der Waals surface area (Å²) in [5.74, 6) is 5.96. The molecular formula is C28H42N2O2. The van der Waals surface area contributed by atoms with Gasteiger partial charge in [0.15, 0.2) is 0 Å². The Labute approximate surface area is 193 Å². The molecule has 0 aromatic rings. The van der Waals surface area contributed by atoms with Gasteiger partial charge in [0.2, 0.25) is 11.8 Å². The van der Waals surface area contributed by atoms with Crippen molar-refractivity contribution >= 4 is 11.8 Å². The number of nitrogens with zero attached hydrogens (tertiary/aromatic N) is 2. The van der Waals surface area contributed by atoms with Crippen molar-refractivity contribution in [1.82, 2.24) is 9.80 Å². The molecule has 0 N–H and O–H groups in total. The highest BCUT2D eigenvalue weighted by atomic mass is 16.2. The van der Waals surface area contributed by atoms with Gasteiger partial charge < -0.3 is 9.80 Å². The average molecular weight is 439 g/mol. The van der Waals surface area contributed by atoms with Crippen LogP contribution in [0.5, 0.6) is 0 Å². The van der Waals surface area contributed by atoms with Gasteiger partial charge in [-0.25, -0.2) is 0 Å². The average Bonchev–Trinajstić information content (AvgIpc) is 3.13. The number of rotatable bonds is 2. The summed E-state index contributed by atoms with van der Waals surface area (Å²) in [5.41, 5.74) is -0.106. The lowest BCUT2D eigenvalue weighted by Crippen LogP contribution is -2.58. The zero-order valence-electron chi connectivity index (χ0n) is 19.9. The summed E-state index contributed by atoms with van der Waals surface area (Å²) in [6, 6.07) is 0. The van der Waals surface area contributed by atoms with Gasteiger partial charge in [0.25, 0.3) is 0 Å². The Morgan fingerprint density at radius 1 is 0.500 bits per heavy atom. The van der Waals surface area contributed by atoms with Gasteiger partial charge >= 0.3 is 0 Å². The first kappa shape index (κ1) is 20.3. The fourth-order valence-electron chi connectivity index (χ4n) is 10.6. The zero-order chi connectivity index (χ0) is 21.5. The van der Waals surface area contributed by atoms with Gasteiger partial charge in [-0.1, -0.05) is 0 Å². The first-order valence-corrected chi connectivity index (χ1v) is 14.1. The zero-order valence-corrected chi connectivity index (χ0v) is 19.9. The second-order valence-electron chi connectivity index (χ2n) is 13.6. The van der Waals surface area contributed by atoms with Crippen molar-refractivity contribution in [3.8, 4) is 0 Å². The van der Waals surface area contributed by atoms with E-state index in [1.54, 1.807) is 0 Å². The van der Waals surface area contributed by atoms with Crippen molar-refractivity contribution in [3.63, 3.8) is 0 Å². The summed E-state index contributed by atoms with van der Waals surface area (Å²) in [7, 11) is 0. The highest BCUT2D eigenvalue weighted by Crippen LogP contribution is 2.59. The van der Waals surface area contributed by atoms with E-state index in [1.165, 1.54) is 51.4 Å². The quantitative estimate of drug-likeness (QED) is 0.617.